The topological polar surface area (TPSA) is 94.9 Å². The minimum atomic E-state index is -0.374. The first-order valence-corrected chi connectivity index (χ1v) is 9.77. The van der Waals surface area contributed by atoms with Crippen LogP contribution < -0.4 is 10.6 Å². The van der Waals surface area contributed by atoms with Crippen molar-refractivity contribution in [3.63, 3.8) is 0 Å². The number of fused-ring (bicyclic) bond motifs is 1. The number of aromatic nitrogens is 1. The zero-order chi connectivity index (χ0) is 18.4. The molecule has 1 aliphatic carbocycles. The van der Waals surface area contributed by atoms with Gasteiger partial charge < -0.3 is 10.6 Å². The lowest BCUT2D eigenvalue weighted by Gasteiger charge is -2.21. The summed E-state index contributed by atoms with van der Waals surface area (Å²) >= 11 is 1.54. The van der Waals surface area contributed by atoms with E-state index in [0.717, 1.165) is 15.2 Å². The molecule has 0 spiro atoms. The predicted octanol–water partition coefficient (Wildman–Crippen LogP) is 2.64. The van der Waals surface area contributed by atoms with Gasteiger partial charge in [0, 0.05) is 0 Å². The van der Waals surface area contributed by atoms with Gasteiger partial charge in [-0.1, -0.05) is 25.3 Å². The van der Waals surface area contributed by atoms with Crippen molar-refractivity contribution in [1.82, 2.24) is 15.6 Å². The number of nitrogens with one attached hydrogen (secondary N) is 2. The molecule has 0 saturated heterocycles. The third-order valence-electron chi connectivity index (χ3n) is 4.66. The van der Waals surface area contributed by atoms with Gasteiger partial charge in [-0.3, -0.25) is 9.59 Å². The number of benzene rings is 1. The number of carbonyl (C=O) groups excluding carboxylic acids is 2. The van der Waals surface area contributed by atoms with Crippen LogP contribution in [0.2, 0.25) is 0 Å². The minimum Gasteiger partial charge on any atom is -0.347 e. The van der Waals surface area contributed by atoms with E-state index in [1.807, 2.05) is 12.1 Å². The second kappa shape index (κ2) is 8.77. The molecule has 0 radical (unpaired) electrons. The molecule has 1 heterocycles. The summed E-state index contributed by atoms with van der Waals surface area (Å²) in [5.41, 5.74) is 2.30. The first-order valence-electron chi connectivity index (χ1n) is 8.95. The predicted molar refractivity (Wildman–Crippen MR) is 101 cm³/mol. The number of rotatable bonds is 6. The second-order valence-electron chi connectivity index (χ2n) is 6.56. The van der Waals surface area contributed by atoms with E-state index in [2.05, 4.69) is 27.8 Å². The Labute approximate surface area is 156 Å². The summed E-state index contributed by atoms with van der Waals surface area (Å²) in [5.74, 6) is 0.0268. The number of nitrogens with zero attached hydrogens (tertiary/aromatic N) is 2. The van der Waals surface area contributed by atoms with Gasteiger partial charge in [-0.2, -0.15) is 5.26 Å². The molecule has 2 aromatic rings. The molecule has 6 nitrogen and oxygen atoms in total. The number of carbonyl (C=O) groups is 2. The fourth-order valence-corrected chi connectivity index (χ4v) is 4.35. The Morgan fingerprint density at radius 1 is 1.19 bits per heavy atom. The maximum absolute atomic E-state index is 12.0. The molecule has 136 valence electrons. The third-order valence-corrected chi connectivity index (χ3v) is 5.67. The zero-order valence-electron chi connectivity index (χ0n) is 14.6. The summed E-state index contributed by atoms with van der Waals surface area (Å²) in [7, 11) is 0. The summed E-state index contributed by atoms with van der Waals surface area (Å²) in [5, 5.41) is 14.1. The molecule has 26 heavy (non-hydrogen) atoms. The molecule has 1 saturated carbocycles. The number of amides is 2. The lowest BCUT2D eigenvalue weighted by atomic mass is 9.84. The van der Waals surface area contributed by atoms with Crippen LogP contribution in [0.4, 0.5) is 0 Å². The fraction of sp³-hybridized carbons (Fsp3) is 0.474. The lowest BCUT2D eigenvalue weighted by molar-refractivity contribution is -0.125. The fourth-order valence-electron chi connectivity index (χ4n) is 3.33. The van der Waals surface area contributed by atoms with Gasteiger partial charge in [0.1, 0.15) is 11.6 Å². The largest absolute Gasteiger partial charge is 0.347 e. The van der Waals surface area contributed by atoms with Crippen LogP contribution >= 0.6 is 11.3 Å². The van der Waals surface area contributed by atoms with Crippen molar-refractivity contribution in [2.24, 2.45) is 0 Å². The van der Waals surface area contributed by atoms with Gasteiger partial charge in [0.25, 0.3) is 0 Å². The highest BCUT2D eigenvalue weighted by Crippen LogP contribution is 2.35. The maximum atomic E-state index is 12.0. The van der Waals surface area contributed by atoms with E-state index in [4.69, 9.17) is 5.26 Å². The molecule has 1 aromatic carbocycles. The first kappa shape index (κ1) is 18.3. The average molecular weight is 370 g/mol. The summed E-state index contributed by atoms with van der Waals surface area (Å²) in [6.07, 6.45) is 6.62. The van der Waals surface area contributed by atoms with Gasteiger partial charge in [-0.25, -0.2) is 4.98 Å². The van der Waals surface area contributed by atoms with Crippen LogP contribution in [-0.2, 0) is 16.0 Å². The molecule has 3 rings (SSSR count). The molecule has 0 aliphatic heterocycles. The van der Waals surface area contributed by atoms with Gasteiger partial charge in [0.15, 0.2) is 0 Å². The monoisotopic (exact) mass is 370 g/mol. The van der Waals surface area contributed by atoms with Crippen LogP contribution in [0.3, 0.4) is 0 Å². The van der Waals surface area contributed by atoms with E-state index in [-0.39, 0.29) is 31.3 Å². The van der Waals surface area contributed by atoms with Crippen molar-refractivity contribution in [1.29, 1.82) is 5.26 Å². The Hall–Kier alpha value is -2.46. The van der Waals surface area contributed by atoms with Gasteiger partial charge >= 0.3 is 0 Å². The summed E-state index contributed by atoms with van der Waals surface area (Å²) in [6.45, 7) is -0.187. The van der Waals surface area contributed by atoms with Crippen LogP contribution in [0.25, 0.3) is 10.2 Å². The van der Waals surface area contributed by atoms with Crippen molar-refractivity contribution < 1.29 is 9.59 Å². The van der Waals surface area contributed by atoms with Crippen LogP contribution in [-0.4, -0.2) is 29.9 Å². The Morgan fingerprint density at radius 2 is 2.00 bits per heavy atom. The summed E-state index contributed by atoms with van der Waals surface area (Å²) in [6, 6.07) is 8.25. The molecule has 1 aliphatic rings. The maximum Gasteiger partial charge on any atom is 0.240 e. The number of nitriles is 1. The second-order valence-corrected chi connectivity index (χ2v) is 7.67. The number of hydrogen-bond acceptors (Lipinski definition) is 5. The van der Waals surface area contributed by atoms with E-state index in [1.54, 1.807) is 0 Å². The molecule has 2 N–H and O–H groups in total. The zero-order valence-corrected chi connectivity index (χ0v) is 15.4. The summed E-state index contributed by atoms with van der Waals surface area (Å²) < 4.78 is 1.11. The normalized spacial score (nSPS) is 14.7. The number of thiazole rings is 1. The van der Waals surface area contributed by atoms with Crippen LogP contribution in [0.1, 0.15) is 48.6 Å². The van der Waals surface area contributed by atoms with Crippen LogP contribution in [0, 0.1) is 11.3 Å². The first-order chi connectivity index (χ1) is 12.7. The van der Waals surface area contributed by atoms with Crippen LogP contribution in [0.15, 0.2) is 18.2 Å². The standard InChI is InChI=1S/C19H22N4O2S/c20-8-9-21-18(25)12-22-17(24)11-19-23-15-7-6-14(10-16(15)26-19)13-4-2-1-3-5-13/h6-7,10,13H,1-5,9,11-12H2,(H,21,25)(H,22,24). The molecule has 2 amide bonds. The smallest absolute Gasteiger partial charge is 0.240 e. The van der Waals surface area contributed by atoms with Crippen molar-refractivity contribution in [3.05, 3.63) is 28.8 Å². The highest BCUT2D eigenvalue weighted by molar-refractivity contribution is 7.18. The van der Waals surface area contributed by atoms with Gasteiger partial charge in [0.2, 0.25) is 11.8 Å². The molecule has 1 fully saturated rings. The Kier molecular flexibility index (Phi) is 6.18. The van der Waals surface area contributed by atoms with Crippen molar-refractivity contribution in [2.45, 2.75) is 44.4 Å². The summed E-state index contributed by atoms with van der Waals surface area (Å²) in [4.78, 5) is 27.9. The van der Waals surface area contributed by atoms with Crippen LogP contribution in [0.5, 0.6) is 0 Å². The van der Waals surface area contributed by atoms with E-state index >= 15 is 0 Å². The minimum absolute atomic E-state index is 0.0596. The molecular weight excluding hydrogens is 348 g/mol. The molecule has 1 aromatic heterocycles. The molecular formula is C19H22N4O2S. The van der Waals surface area contributed by atoms with E-state index in [9.17, 15) is 9.59 Å². The van der Waals surface area contributed by atoms with E-state index in [1.165, 1.54) is 49.0 Å². The van der Waals surface area contributed by atoms with Gasteiger partial charge in [-0.15, -0.1) is 11.3 Å². The molecule has 0 bridgehead atoms. The van der Waals surface area contributed by atoms with Crippen molar-refractivity contribution in [3.8, 4) is 6.07 Å². The third kappa shape index (κ3) is 4.79. The SMILES string of the molecule is N#CCNC(=O)CNC(=O)Cc1nc2ccc(C3CCCCC3)cc2s1. The Morgan fingerprint density at radius 3 is 2.77 bits per heavy atom. The highest BCUT2D eigenvalue weighted by Gasteiger charge is 2.17. The molecule has 0 unspecified atom stereocenters. The van der Waals surface area contributed by atoms with Crippen molar-refractivity contribution >= 4 is 33.4 Å². The van der Waals surface area contributed by atoms with E-state index in [0.29, 0.717) is 5.92 Å². The lowest BCUT2D eigenvalue weighted by Crippen LogP contribution is -2.37. The van der Waals surface area contributed by atoms with Gasteiger partial charge in [-0.05, 0) is 36.5 Å². The van der Waals surface area contributed by atoms with Gasteiger partial charge in [0.05, 0.1) is 29.3 Å². The average Bonchev–Trinajstić information content (AvgIpc) is 3.06. The number of hydrogen-bond donors (Lipinski definition) is 2. The quantitative estimate of drug-likeness (QED) is 0.764. The van der Waals surface area contributed by atoms with E-state index < -0.39 is 0 Å². The molecule has 7 heteroatoms. The Bertz CT molecular complexity index is 834. The molecule has 0 atom stereocenters. The Balaban J connectivity index is 1.59. The highest BCUT2D eigenvalue weighted by atomic mass is 32.1. The van der Waals surface area contributed by atoms with Crippen molar-refractivity contribution in [2.75, 3.05) is 13.1 Å².